The summed E-state index contributed by atoms with van der Waals surface area (Å²) in [7, 11) is 0.695. The number of benzene rings is 2. The number of amides is 2. The van der Waals surface area contributed by atoms with E-state index in [1.54, 1.807) is 49.5 Å². The summed E-state index contributed by atoms with van der Waals surface area (Å²) in [6, 6.07) is 17.5. The normalized spacial score (nSPS) is 12.1. The molecule has 2 aromatic heterocycles. The lowest BCUT2D eigenvalue weighted by atomic mass is 10.1. The maximum Gasteiger partial charge on any atom is 0.273 e. The van der Waals surface area contributed by atoms with E-state index in [2.05, 4.69) is 62.0 Å². The van der Waals surface area contributed by atoms with Gasteiger partial charge in [-0.15, -0.1) is 0 Å². The molecule has 0 radical (unpaired) electrons. The van der Waals surface area contributed by atoms with Gasteiger partial charge in [0.25, 0.3) is 11.8 Å². The summed E-state index contributed by atoms with van der Waals surface area (Å²) < 4.78 is 17.4. The number of carbonyl (C=O) groups is 2. The van der Waals surface area contributed by atoms with Gasteiger partial charge in [0, 0.05) is 53.4 Å². The molecule has 10 nitrogen and oxygen atoms in total. The topological polar surface area (TPSA) is 121 Å². The molecule has 4 aromatic rings. The summed E-state index contributed by atoms with van der Waals surface area (Å²) in [5, 5.41) is 10.4. The standard InChI is InChI=1S/C33H37N7O3S/c1-6-39(3)18-8-17-35-28-13-15-30(16-14-28)44(5,43)38-32(41)27-20-26(22-34-23-27)12-11-25-9-7-10-29(21-25)36-33(42)31-19-24(2)37-40(31)4/h7,9-10,13-16,19-23,35H,5-6,8,17-18H2,1-4H3,(H,36,42)(H,38,41,43). The zero-order chi connectivity index (χ0) is 31.7. The molecule has 44 heavy (non-hydrogen) atoms. The molecule has 3 N–H and O–H groups in total. The molecule has 0 spiro atoms. The first-order chi connectivity index (χ1) is 21.0. The Bertz CT molecular complexity index is 1800. The Balaban J connectivity index is 1.37. The Hall–Kier alpha value is -4.92. The fraction of sp³-hybridized carbons (Fsp3) is 0.242. The van der Waals surface area contributed by atoms with Crippen molar-refractivity contribution in [2.75, 3.05) is 37.3 Å². The number of anilines is 2. The van der Waals surface area contributed by atoms with Crippen LogP contribution in [0, 0.1) is 18.8 Å². The third-order valence-electron chi connectivity index (χ3n) is 6.78. The van der Waals surface area contributed by atoms with Crippen molar-refractivity contribution in [2.45, 2.75) is 25.2 Å². The largest absolute Gasteiger partial charge is 0.385 e. The first-order valence-corrected chi connectivity index (χ1v) is 15.9. The minimum atomic E-state index is -3.11. The predicted octanol–water partition coefficient (Wildman–Crippen LogP) is 3.95. The van der Waals surface area contributed by atoms with Crippen LogP contribution in [0.5, 0.6) is 0 Å². The minimum absolute atomic E-state index is 0.205. The number of nitrogens with zero attached hydrogens (tertiary/aromatic N) is 4. The van der Waals surface area contributed by atoms with Gasteiger partial charge in [0.15, 0.2) is 0 Å². The molecule has 0 saturated heterocycles. The van der Waals surface area contributed by atoms with Crippen molar-refractivity contribution in [3.05, 3.63) is 101 Å². The van der Waals surface area contributed by atoms with E-state index in [4.69, 9.17) is 0 Å². The molecule has 0 bridgehead atoms. The number of hydrogen-bond donors (Lipinski definition) is 3. The Labute approximate surface area is 259 Å². The summed E-state index contributed by atoms with van der Waals surface area (Å²) in [6.45, 7) is 6.78. The van der Waals surface area contributed by atoms with Crippen LogP contribution in [0.2, 0.25) is 0 Å². The number of carbonyl (C=O) groups excluding carboxylic acids is 2. The first kappa shape index (κ1) is 32.0. The van der Waals surface area contributed by atoms with Gasteiger partial charge < -0.3 is 15.5 Å². The fourth-order valence-corrected chi connectivity index (χ4v) is 5.38. The van der Waals surface area contributed by atoms with Gasteiger partial charge in [-0.05, 0) is 93.9 Å². The van der Waals surface area contributed by atoms with Crippen molar-refractivity contribution in [1.82, 2.24) is 24.4 Å². The molecule has 11 heteroatoms. The van der Waals surface area contributed by atoms with Gasteiger partial charge in [-0.2, -0.15) is 5.10 Å². The molecular weight excluding hydrogens is 574 g/mol. The van der Waals surface area contributed by atoms with Gasteiger partial charge in [0.2, 0.25) is 0 Å². The summed E-state index contributed by atoms with van der Waals surface area (Å²) in [4.78, 5) is 32.4. The number of rotatable bonds is 11. The lowest BCUT2D eigenvalue weighted by Gasteiger charge is -2.15. The van der Waals surface area contributed by atoms with E-state index in [0.29, 0.717) is 27.4 Å². The van der Waals surface area contributed by atoms with Crippen LogP contribution in [0.1, 0.15) is 51.0 Å². The third-order valence-corrected chi connectivity index (χ3v) is 8.33. The van der Waals surface area contributed by atoms with Crippen molar-refractivity contribution in [2.24, 2.45) is 7.05 Å². The van der Waals surface area contributed by atoms with E-state index in [1.807, 2.05) is 25.1 Å². The SMILES string of the molecule is C=S(=O)(NC(=O)c1cncc(C#Cc2cccc(NC(=O)c3cc(C)nn3C)c2)c1)c1ccc(NCCCN(C)CC)cc1. The highest BCUT2D eigenvalue weighted by atomic mass is 32.2. The first-order valence-electron chi connectivity index (χ1n) is 14.1. The number of nitrogens with one attached hydrogen (secondary N) is 3. The van der Waals surface area contributed by atoms with Crippen molar-refractivity contribution in [3.8, 4) is 11.8 Å². The van der Waals surface area contributed by atoms with Crippen LogP contribution < -0.4 is 15.4 Å². The summed E-state index contributed by atoms with van der Waals surface area (Å²) in [6.07, 6.45) is 3.92. The van der Waals surface area contributed by atoms with Crippen LogP contribution in [-0.4, -0.2) is 68.2 Å². The van der Waals surface area contributed by atoms with E-state index in [9.17, 15) is 13.8 Å². The highest BCUT2D eigenvalue weighted by Gasteiger charge is 2.15. The molecule has 1 unspecified atom stereocenters. The van der Waals surface area contributed by atoms with Crippen molar-refractivity contribution in [3.63, 3.8) is 0 Å². The lowest BCUT2D eigenvalue weighted by Crippen LogP contribution is -2.30. The summed E-state index contributed by atoms with van der Waals surface area (Å²) in [5.74, 6) is 8.96. The molecule has 0 aliphatic rings. The molecule has 228 valence electrons. The fourth-order valence-electron chi connectivity index (χ4n) is 4.27. The van der Waals surface area contributed by atoms with Crippen LogP contribution >= 0.6 is 0 Å². The van der Waals surface area contributed by atoms with Crippen LogP contribution in [0.15, 0.2) is 78.0 Å². The second kappa shape index (κ2) is 14.5. The maximum absolute atomic E-state index is 13.3. The van der Waals surface area contributed by atoms with Gasteiger partial charge in [-0.3, -0.25) is 24.0 Å². The number of hydrogen-bond acceptors (Lipinski definition) is 7. The molecule has 0 fully saturated rings. The number of pyridine rings is 1. The average Bonchev–Trinajstić information content (AvgIpc) is 3.36. The molecule has 2 heterocycles. The van der Waals surface area contributed by atoms with Gasteiger partial charge in [0.05, 0.1) is 21.0 Å². The quantitative estimate of drug-likeness (QED) is 0.133. The van der Waals surface area contributed by atoms with Gasteiger partial charge in [0.1, 0.15) is 5.69 Å². The lowest BCUT2D eigenvalue weighted by molar-refractivity contribution is 0.0980. The number of aromatic nitrogens is 3. The van der Waals surface area contributed by atoms with E-state index < -0.39 is 15.6 Å². The van der Waals surface area contributed by atoms with E-state index in [-0.39, 0.29) is 11.5 Å². The molecular formula is C33H37N7O3S. The maximum atomic E-state index is 13.3. The minimum Gasteiger partial charge on any atom is -0.385 e. The second-order valence-corrected chi connectivity index (χ2v) is 12.4. The van der Waals surface area contributed by atoms with Crippen LogP contribution in [0.25, 0.3) is 0 Å². The monoisotopic (exact) mass is 611 g/mol. The van der Waals surface area contributed by atoms with Gasteiger partial charge >= 0.3 is 0 Å². The molecule has 0 aliphatic heterocycles. The van der Waals surface area contributed by atoms with Gasteiger partial charge in [-0.1, -0.05) is 24.8 Å². The average molecular weight is 612 g/mol. The molecule has 4 rings (SSSR count). The van der Waals surface area contributed by atoms with Crippen LogP contribution in [-0.2, 0) is 16.8 Å². The second-order valence-electron chi connectivity index (χ2n) is 10.3. The van der Waals surface area contributed by atoms with Crippen LogP contribution in [0.4, 0.5) is 11.4 Å². The van der Waals surface area contributed by atoms with Crippen molar-refractivity contribution in [1.29, 1.82) is 0 Å². The zero-order valence-electron chi connectivity index (χ0n) is 25.4. The van der Waals surface area contributed by atoms with E-state index in [0.717, 1.165) is 37.4 Å². The molecule has 0 saturated carbocycles. The predicted molar refractivity (Wildman–Crippen MR) is 176 cm³/mol. The molecule has 1 atom stereocenters. The van der Waals surface area contributed by atoms with Crippen LogP contribution in [0.3, 0.4) is 0 Å². The van der Waals surface area contributed by atoms with Gasteiger partial charge in [-0.25, -0.2) is 4.21 Å². The Kier molecular flexibility index (Phi) is 10.6. The smallest absolute Gasteiger partial charge is 0.273 e. The van der Waals surface area contributed by atoms with Crippen molar-refractivity contribution >= 4 is 38.8 Å². The highest BCUT2D eigenvalue weighted by Crippen LogP contribution is 2.16. The zero-order valence-corrected chi connectivity index (χ0v) is 26.2. The van der Waals surface area contributed by atoms with E-state index >= 15 is 0 Å². The number of aryl methyl sites for hydroxylation is 2. The summed E-state index contributed by atoms with van der Waals surface area (Å²) in [5.41, 5.74) is 4.04. The summed E-state index contributed by atoms with van der Waals surface area (Å²) >= 11 is 0. The van der Waals surface area contributed by atoms with E-state index in [1.165, 1.54) is 17.1 Å². The Morgan fingerprint density at radius 2 is 1.75 bits per heavy atom. The molecule has 0 aliphatic carbocycles. The molecule has 2 aromatic carbocycles. The third kappa shape index (κ3) is 8.80. The Morgan fingerprint density at radius 3 is 2.45 bits per heavy atom. The Morgan fingerprint density at radius 1 is 1.00 bits per heavy atom. The highest BCUT2D eigenvalue weighted by molar-refractivity contribution is 7.99. The van der Waals surface area contributed by atoms with Crippen molar-refractivity contribution < 1.29 is 13.8 Å². The molecule has 2 amide bonds.